The van der Waals surface area contributed by atoms with Crippen LogP contribution in [0.5, 0.6) is 11.6 Å². The van der Waals surface area contributed by atoms with Crippen molar-refractivity contribution >= 4 is 11.6 Å². The third kappa shape index (κ3) is 5.03. The van der Waals surface area contributed by atoms with Crippen molar-refractivity contribution in [1.82, 2.24) is 10.3 Å². The van der Waals surface area contributed by atoms with E-state index in [2.05, 4.69) is 31.1 Å². The van der Waals surface area contributed by atoms with E-state index in [0.717, 1.165) is 23.4 Å². The molecule has 0 aliphatic rings. The summed E-state index contributed by atoms with van der Waals surface area (Å²) in [7, 11) is 0. The van der Waals surface area contributed by atoms with Crippen LogP contribution in [0.25, 0.3) is 0 Å². The van der Waals surface area contributed by atoms with E-state index in [0.29, 0.717) is 10.9 Å². The lowest BCUT2D eigenvalue weighted by molar-refractivity contribution is 0.421. The van der Waals surface area contributed by atoms with Gasteiger partial charge in [0.1, 0.15) is 5.75 Å². The molecule has 0 bridgehead atoms. The van der Waals surface area contributed by atoms with E-state index in [9.17, 15) is 0 Å². The highest BCUT2D eigenvalue weighted by atomic mass is 35.5. The molecular weight excluding hydrogens is 284 g/mol. The van der Waals surface area contributed by atoms with E-state index in [-0.39, 0.29) is 5.54 Å². The zero-order valence-electron chi connectivity index (χ0n) is 12.9. The Hall–Kier alpha value is -1.58. The van der Waals surface area contributed by atoms with Crippen molar-refractivity contribution in [3.05, 3.63) is 52.7 Å². The topological polar surface area (TPSA) is 34.1 Å². The summed E-state index contributed by atoms with van der Waals surface area (Å²) in [5.41, 5.74) is 2.24. The van der Waals surface area contributed by atoms with Gasteiger partial charge in [0.05, 0.1) is 0 Å². The van der Waals surface area contributed by atoms with Crippen LogP contribution in [0.3, 0.4) is 0 Å². The first-order valence-corrected chi connectivity index (χ1v) is 7.35. The lowest BCUT2D eigenvalue weighted by atomic mass is 10.1. The maximum absolute atomic E-state index is 6.00. The number of benzene rings is 1. The summed E-state index contributed by atoms with van der Waals surface area (Å²) < 4.78 is 5.84. The highest BCUT2D eigenvalue weighted by molar-refractivity contribution is 6.30. The van der Waals surface area contributed by atoms with Crippen molar-refractivity contribution in [3.8, 4) is 11.6 Å². The van der Waals surface area contributed by atoms with E-state index < -0.39 is 0 Å². The Bertz CT molecular complexity index is 620. The van der Waals surface area contributed by atoms with Crippen molar-refractivity contribution in [3.63, 3.8) is 0 Å². The molecule has 4 heteroatoms. The van der Waals surface area contributed by atoms with Gasteiger partial charge in [-0.05, 0) is 57.0 Å². The summed E-state index contributed by atoms with van der Waals surface area (Å²) in [5.74, 6) is 1.31. The third-order valence-electron chi connectivity index (χ3n) is 2.99. The third-order valence-corrected chi connectivity index (χ3v) is 3.22. The van der Waals surface area contributed by atoms with Gasteiger partial charge in [0, 0.05) is 29.4 Å². The second-order valence-corrected chi connectivity index (χ2v) is 6.55. The average Bonchev–Trinajstić information content (AvgIpc) is 2.40. The molecule has 0 unspecified atom stereocenters. The van der Waals surface area contributed by atoms with Crippen molar-refractivity contribution in [2.24, 2.45) is 0 Å². The summed E-state index contributed by atoms with van der Waals surface area (Å²) in [4.78, 5) is 4.26. The molecular formula is C17H21ClN2O. The number of hydrogen-bond donors (Lipinski definition) is 1. The molecule has 2 rings (SSSR count). The van der Waals surface area contributed by atoms with Crippen LogP contribution < -0.4 is 10.1 Å². The number of ether oxygens (including phenoxy) is 1. The number of pyridine rings is 1. The predicted molar refractivity (Wildman–Crippen MR) is 87.1 cm³/mol. The fourth-order valence-corrected chi connectivity index (χ4v) is 1.94. The minimum atomic E-state index is 0.0772. The van der Waals surface area contributed by atoms with Gasteiger partial charge in [0.15, 0.2) is 0 Å². The van der Waals surface area contributed by atoms with Crippen LogP contribution in [0.4, 0.5) is 0 Å². The molecule has 0 saturated heterocycles. The molecule has 1 heterocycles. The molecule has 0 aliphatic heterocycles. The molecule has 0 aliphatic carbocycles. The van der Waals surface area contributed by atoms with Crippen LogP contribution in [0.2, 0.25) is 5.02 Å². The Balaban J connectivity index is 2.12. The van der Waals surface area contributed by atoms with E-state index in [1.54, 1.807) is 12.3 Å². The van der Waals surface area contributed by atoms with Gasteiger partial charge in [0.25, 0.3) is 0 Å². The van der Waals surface area contributed by atoms with Gasteiger partial charge in [-0.15, -0.1) is 0 Å². The van der Waals surface area contributed by atoms with Crippen LogP contribution in [-0.2, 0) is 6.54 Å². The molecule has 0 amide bonds. The molecule has 0 fully saturated rings. The molecule has 1 aromatic heterocycles. The number of halogens is 1. The normalized spacial score (nSPS) is 11.5. The number of rotatable bonds is 4. The lowest BCUT2D eigenvalue weighted by Gasteiger charge is -2.20. The van der Waals surface area contributed by atoms with E-state index in [1.807, 2.05) is 31.2 Å². The minimum Gasteiger partial charge on any atom is -0.439 e. The number of nitrogens with one attached hydrogen (secondary N) is 1. The molecule has 0 atom stereocenters. The molecule has 1 aromatic carbocycles. The van der Waals surface area contributed by atoms with Gasteiger partial charge in [-0.1, -0.05) is 17.7 Å². The van der Waals surface area contributed by atoms with E-state index in [1.165, 1.54) is 0 Å². The van der Waals surface area contributed by atoms with Gasteiger partial charge in [-0.3, -0.25) is 0 Å². The number of hydrogen-bond acceptors (Lipinski definition) is 3. The Kier molecular flexibility index (Phi) is 4.86. The Labute approximate surface area is 131 Å². The number of nitrogens with zero attached hydrogens (tertiary/aromatic N) is 1. The molecule has 21 heavy (non-hydrogen) atoms. The lowest BCUT2D eigenvalue weighted by Crippen LogP contribution is -2.35. The van der Waals surface area contributed by atoms with Gasteiger partial charge < -0.3 is 10.1 Å². The monoisotopic (exact) mass is 304 g/mol. The summed E-state index contributed by atoms with van der Waals surface area (Å²) in [6.07, 6.45) is 1.76. The Morgan fingerprint density at radius 2 is 1.95 bits per heavy atom. The smallest absolute Gasteiger partial charge is 0.219 e. The van der Waals surface area contributed by atoms with Crippen LogP contribution in [0.1, 0.15) is 31.9 Å². The molecule has 3 nitrogen and oxygen atoms in total. The van der Waals surface area contributed by atoms with Crippen LogP contribution in [0, 0.1) is 6.92 Å². The summed E-state index contributed by atoms with van der Waals surface area (Å²) in [6, 6.07) is 9.51. The number of aromatic nitrogens is 1. The second kappa shape index (κ2) is 6.46. The highest BCUT2D eigenvalue weighted by Gasteiger charge is 2.09. The Morgan fingerprint density at radius 3 is 2.67 bits per heavy atom. The fraction of sp³-hybridized carbons (Fsp3) is 0.353. The van der Waals surface area contributed by atoms with Gasteiger partial charge in [-0.25, -0.2) is 4.98 Å². The van der Waals surface area contributed by atoms with Crippen molar-refractivity contribution in [1.29, 1.82) is 0 Å². The first kappa shape index (κ1) is 15.8. The van der Waals surface area contributed by atoms with Gasteiger partial charge in [0.2, 0.25) is 5.88 Å². The minimum absolute atomic E-state index is 0.0772. The molecule has 112 valence electrons. The zero-order chi connectivity index (χ0) is 15.5. The van der Waals surface area contributed by atoms with Crippen molar-refractivity contribution in [2.45, 2.75) is 39.8 Å². The Morgan fingerprint density at radius 1 is 1.19 bits per heavy atom. The molecule has 0 radical (unpaired) electrons. The first-order valence-electron chi connectivity index (χ1n) is 6.97. The average molecular weight is 305 g/mol. The van der Waals surface area contributed by atoms with Gasteiger partial charge in [-0.2, -0.15) is 0 Å². The second-order valence-electron chi connectivity index (χ2n) is 6.12. The summed E-state index contributed by atoms with van der Waals surface area (Å²) >= 11 is 6.00. The largest absolute Gasteiger partial charge is 0.439 e. The zero-order valence-corrected chi connectivity index (χ0v) is 13.7. The van der Waals surface area contributed by atoms with Crippen molar-refractivity contribution < 1.29 is 4.74 Å². The van der Waals surface area contributed by atoms with Crippen LogP contribution >= 0.6 is 11.6 Å². The van der Waals surface area contributed by atoms with E-state index >= 15 is 0 Å². The molecule has 2 aromatic rings. The fourth-order valence-electron chi connectivity index (χ4n) is 1.78. The summed E-state index contributed by atoms with van der Waals surface area (Å²) in [6.45, 7) is 9.18. The standard InChI is InChI=1S/C17H21ClN2O/c1-12-5-6-14(18)10-15(12)21-16-9-13(7-8-19-16)11-20-17(2,3)4/h5-10,20H,11H2,1-4H3. The maximum Gasteiger partial charge on any atom is 0.219 e. The maximum atomic E-state index is 6.00. The van der Waals surface area contributed by atoms with E-state index in [4.69, 9.17) is 16.3 Å². The predicted octanol–water partition coefficient (Wildman–Crippen LogP) is 4.72. The summed E-state index contributed by atoms with van der Waals surface area (Å²) in [5, 5.41) is 4.10. The molecule has 1 N–H and O–H groups in total. The molecule has 0 saturated carbocycles. The SMILES string of the molecule is Cc1ccc(Cl)cc1Oc1cc(CNC(C)(C)C)ccn1. The first-order chi connectivity index (χ1) is 9.83. The quantitative estimate of drug-likeness (QED) is 0.887. The van der Waals surface area contributed by atoms with Crippen molar-refractivity contribution in [2.75, 3.05) is 0 Å². The van der Waals surface area contributed by atoms with Gasteiger partial charge >= 0.3 is 0 Å². The molecule has 0 spiro atoms. The van der Waals surface area contributed by atoms with Crippen LogP contribution in [0.15, 0.2) is 36.5 Å². The highest BCUT2D eigenvalue weighted by Crippen LogP contribution is 2.27. The van der Waals surface area contributed by atoms with Crippen LogP contribution in [-0.4, -0.2) is 10.5 Å². The number of aryl methyl sites for hydroxylation is 1.